The van der Waals surface area contributed by atoms with Gasteiger partial charge in [0.2, 0.25) is 0 Å². The molecule has 1 N–H and O–H groups in total. The van der Waals surface area contributed by atoms with E-state index >= 15 is 0 Å². The van der Waals surface area contributed by atoms with Crippen LogP contribution in [-0.4, -0.2) is 50.2 Å². The average molecular weight is 290 g/mol. The van der Waals surface area contributed by atoms with Crippen LogP contribution in [0.15, 0.2) is 12.1 Å². The highest BCUT2D eigenvalue weighted by atomic mass is 15.3. The minimum absolute atomic E-state index is 0.463. The average Bonchev–Trinajstić information content (AvgIpc) is 2.81. The first-order valence-electron chi connectivity index (χ1n) is 7.99. The molecule has 1 aliphatic rings. The van der Waals surface area contributed by atoms with Crippen LogP contribution in [0, 0.1) is 5.92 Å². The minimum Gasteiger partial charge on any atom is -0.355 e. The third kappa shape index (κ3) is 3.74. The van der Waals surface area contributed by atoms with Crippen molar-refractivity contribution >= 4 is 5.82 Å². The molecule has 0 spiro atoms. The van der Waals surface area contributed by atoms with Gasteiger partial charge in [-0.15, -0.1) is 0 Å². The van der Waals surface area contributed by atoms with Crippen molar-refractivity contribution < 1.29 is 0 Å². The van der Waals surface area contributed by atoms with Crippen LogP contribution in [-0.2, 0) is 6.54 Å². The predicted molar refractivity (Wildman–Crippen MR) is 89.9 cm³/mol. The first kappa shape index (κ1) is 16.2. The number of hydrogen-bond donors (Lipinski definition) is 1. The van der Waals surface area contributed by atoms with Gasteiger partial charge >= 0.3 is 0 Å². The molecule has 1 aromatic rings. The van der Waals surface area contributed by atoms with Gasteiger partial charge < -0.3 is 15.1 Å². The fourth-order valence-corrected chi connectivity index (χ4v) is 3.17. The molecule has 21 heavy (non-hydrogen) atoms. The number of pyridine rings is 1. The maximum absolute atomic E-state index is 4.91. The summed E-state index contributed by atoms with van der Waals surface area (Å²) in [4.78, 5) is 9.69. The van der Waals surface area contributed by atoms with Gasteiger partial charge in [-0.3, -0.25) is 0 Å². The molecule has 118 valence electrons. The zero-order valence-corrected chi connectivity index (χ0v) is 14.3. The topological polar surface area (TPSA) is 31.4 Å². The Kier molecular flexibility index (Phi) is 5.22. The van der Waals surface area contributed by atoms with Gasteiger partial charge in [-0.1, -0.05) is 20.8 Å². The monoisotopic (exact) mass is 290 g/mol. The highest BCUT2D eigenvalue weighted by Gasteiger charge is 2.31. The van der Waals surface area contributed by atoms with Crippen molar-refractivity contribution in [2.24, 2.45) is 5.92 Å². The summed E-state index contributed by atoms with van der Waals surface area (Å²) in [6.07, 6.45) is 0. The molecule has 2 unspecified atom stereocenters. The molecule has 0 amide bonds. The zero-order valence-electron chi connectivity index (χ0n) is 14.3. The number of nitrogens with one attached hydrogen (secondary N) is 1. The molecule has 2 heterocycles. The predicted octanol–water partition coefficient (Wildman–Crippen LogP) is 2.31. The Morgan fingerprint density at radius 3 is 2.57 bits per heavy atom. The summed E-state index contributed by atoms with van der Waals surface area (Å²) in [5.41, 5.74) is 2.52. The van der Waals surface area contributed by atoms with Crippen molar-refractivity contribution in [2.45, 2.75) is 39.3 Å². The lowest BCUT2D eigenvalue weighted by molar-refractivity contribution is 0.266. The fraction of sp³-hybridized carbons (Fsp3) is 0.706. The molecule has 4 nitrogen and oxygen atoms in total. The van der Waals surface area contributed by atoms with Gasteiger partial charge in [0.25, 0.3) is 0 Å². The Bertz CT molecular complexity index is 470. The van der Waals surface area contributed by atoms with E-state index in [1.807, 2.05) is 7.05 Å². The Hall–Kier alpha value is -1.13. The van der Waals surface area contributed by atoms with Crippen molar-refractivity contribution in [3.63, 3.8) is 0 Å². The van der Waals surface area contributed by atoms with E-state index in [0.29, 0.717) is 17.9 Å². The van der Waals surface area contributed by atoms with E-state index in [9.17, 15) is 0 Å². The Morgan fingerprint density at radius 2 is 2.05 bits per heavy atom. The first-order valence-corrected chi connectivity index (χ1v) is 7.99. The van der Waals surface area contributed by atoms with Gasteiger partial charge in [0.05, 0.1) is 0 Å². The van der Waals surface area contributed by atoms with E-state index in [4.69, 9.17) is 4.98 Å². The Morgan fingerprint density at radius 1 is 1.33 bits per heavy atom. The highest BCUT2D eigenvalue weighted by molar-refractivity contribution is 5.45. The number of aromatic nitrogens is 1. The van der Waals surface area contributed by atoms with Gasteiger partial charge in [0.15, 0.2) is 0 Å². The molecule has 1 aliphatic heterocycles. The largest absolute Gasteiger partial charge is 0.355 e. The summed E-state index contributed by atoms with van der Waals surface area (Å²) < 4.78 is 0. The van der Waals surface area contributed by atoms with Crippen molar-refractivity contribution in [1.29, 1.82) is 0 Å². The second-order valence-corrected chi connectivity index (χ2v) is 6.86. The second kappa shape index (κ2) is 6.75. The number of anilines is 1. The van der Waals surface area contributed by atoms with Gasteiger partial charge in [0, 0.05) is 31.4 Å². The molecule has 0 saturated carbocycles. The van der Waals surface area contributed by atoms with E-state index in [-0.39, 0.29) is 0 Å². The molecular formula is C17H30N4. The quantitative estimate of drug-likeness (QED) is 0.902. The molecule has 0 aromatic carbocycles. The van der Waals surface area contributed by atoms with Crippen LogP contribution >= 0.6 is 0 Å². The smallest absolute Gasteiger partial charge is 0.129 e. The van der Waals surface area contributed by atoms with Crippen LogP contribution in [0.4, 0.5) is 5.82 Å². The van der Waals surface area contributed by atoms with E-state index in [1.165, 1.54) is 11.3 Å². The Labute approximate surface area is 129 Å². The van der Waals surface area contributed by atoms with E-state index in [1.54, 1.807) is 0 Å². The molecular weight excluding hydrogens is 260 g/mol. The van der Waals surface area contributed by atoms with E-state index in [2.05, 4.69) is 62.1 Å². The fourth-order valence-electron chi connectivity index (χ4n) is 3.17. The molecule has 1 aromatic heterocycles. The second-order valence-electron chi connectivity index (χ2n) is 6.86. The summed E-state index contributed by atoms with van der Waals surface area (Å²) in [5, 5.41) is 3.25. The number of hydrogen-bond acceptors (Lipinski definition) is 4. The number of likely N-dealkylation sites (N-methyl/N-ethyl adjacent to an activating group) is 1. The summed E-state index contributed by atoms with van der Waals surface area (Å²) >= 11 is 0. The van der Waals surface area contributed by atoms with Gasteiger partial charge in [-0.2, -0.15) is 0 Å². The summed E-state index contributed by atoms with van der Waals surface area (Å²) in [7, 11) is 6.35. The van der Waals surface area contributed by atoms with Crippen LogP contribution in [0.3, 0.4) is 0 Å². The van der Waals surface area contributed by atoms with Crippen molar-refractivity contribution in [2.75, 3.05) is 39.1 Å². The lowest BCUT2D eigenvalue weighted by Crippen LogP contribution is -2.34. The molecule has 0 aliphatic carbocycles. The van der Waals surface area contributed by atoms with Gasteiger partial charge in [0.1, 0.15) is 5.82 Å². The third-order valence-corrected chi connectivity index (χ3v) is 4.42. The van der Waals surface area contributed by atoms with Crippen LogP contribution in [0.2, 0.25) is 0 Å². The van der Waals surface area contributed by atoms with Crippen LogP contribution < -0.4 is 10.2 Å². The molecule has 1 fully saturated rings. The molecule has 0 radical (unpaired) electrons. The summed E-state index contributed by atoms with van der Waals surface area (Å²) in [6, 6.07) is 5.09. The normalized spacial score (nSPS) is 22.6. The number of nitrogens with zero attached hydrogens (tertiary/aromatic N) is 3. The van der Waals surface area contributed by atoms with Crippen LogP contribution in [0.25, 0.3) is 0 Å². The SMILES string of the molecule is CNCc1cc(C(C)C)nc(N2CC(C)C(N(C)C)C2)c1. The lowest BCUT2D eigenvalue weighted by Gasteiger charge is -2.23. The van der Waals surface area contributed by atoms with Crippen LogP contribution in [0.5, 0.6) is 0 Å². The highest BCUT2D eigenvalue weighted by Crippen LogP contribution is 2.27. The van der Waals surface area contributed by atoms with Crippen LogP contribution in [0.1, 0.15) is 37.9 Å². The molecule has 2 atom stereocenters. The lowest BCUT2D eigenvalue weighted by atomic mass is 10.1. The van der Waals surface area contributed by atoms with Crippen molar-refractivity contribution in [3.8, 4) is 0 Å². The maximum Gasteiger partial charge on any atom is 0.129 e. The first-order chi connectivity index (χ1) is 9.92. The van der Waals surface area contributed by atoms with E-state index < -0.39 is 0 Å². The Balaban J connectivity index is 2.26. The van der Waals surface area contributed by atoms with Crippen molar-refractivity contribution in [3.05, 3.63) is 23.4 Å². The maximum atomic E-state index is 4.91. The van der Waals surface area contributed by atoms with Crippen molar-refractivity contribution in [1.82, 2.24) is 15.2 Å². The zero-order chi connectivity index (χ0) is 15.6. The molecule has 2 rings (SSSR count). The number of rotatable bonds is 5. The van der Waals surface area contributed by atoms with Gasteiger partial charge in [-0.25, -0.2) is 4.98 Å². The standard InChI is InChI=1S/C17H30N4/c1-12(2)15-7-14(9-18-4)8-17(19-15)21-10-13(3)16(11-21)20(5)6/h7-8,12-13,16,18H,9-11H2,1-6H3. The molecule has 4 heteroatoms. The summed E-state index contributed by atoms with van der Waals surface area (Å²) in [5.74, 6) is 2.28. The molecule has 1 saturated heterocycles. The van der Waals surface area contributed by atoms with E-state index in [0.717, 1.165) is 25.5 Å². The molecule has 0 bridgehead atoms. The summed E-state index contributed by atoms with van der Waals surface area (Å²) in [6.45, 7) is 9.83. The van der Waals surface area contributed by atoms with Gasteiger partial charge in [-0.05, 0) is 50.7 Å². The third-order valence-electron chi connectivity index (χ3n) is 4.42. The minimum atomic E-state index is 0.463.